The average molecular weight is 288 g/mol. The monoisotopic (exact) mass is 287 g/mol. The van der Waals surface area contributed by atoms with E-state index in [0.29, 0.717) is 23.7 Å². The Labute approximate surface area is 116 Å². The van der Waals surface area contributed by atoms with Crippen LogP contribution in [0.1, 0.15) is 5.56 Å². The number of halogens is 2. The van der Waals surface area contributed by atoms with Gasteiger partial charge in [-0.3, -0.25) is 9.69 Å². The summed E-state index contributed by atoms with van der Waals surface area (Å²) in [4.78, 5) is 13.5. The van der Waals surface area contributed by atoms with Gasteiger partial charge in [-0.05, 0) is 12.1 Å². The van der Waals surface area contributed by atoms with Gasteiger partial charge in [-0.15, -0.1) is 0 Å². The molecule has 19 heavy (non-hydrogen) atoms. The summed E-state index contributed by atoms with van der Waals surface area (Å²) in [6.07, 6.45) is 0. The lowest BCUT2D eigenvalue weighted by atomic mass is 10.1. The van der Waals surface area contributed by atoms with E-state index >= 15 is 0 Å². The lowest BCUT2D eigenvalue weighted by Crippen LogP contribution is -2.49. The zero-order valence-electron chi connectivity index (χ0n) is 10.6. The molecule has 6 heteroatoms. The molecular formula is C13H15ClFNO3. The molecule has 1 aliphatic heterocycles. The number of carbonyl (C=O) groups excluding carboxylic acids is 1. The van der Waals surface area contributed by atoms with Gasteiger partial charge in [-0.25, -0.2) is 4.39 Å². The van der Waals surface area contributed by atoms with Crippen molar-refractivity contribution in [2.75, 3.05) is 26.9 Å². The number of hydrogen-bond acceptors (Lipinski definition) is 4. The molecule has 1 atom stereocenters. The lowest BCUT2D eigenvalue weighted by molar-refractivity contribution is -0.153. The second-order valence-corrected chi connectivity index (χ2v) is 4.69. The van der Waals surface area contributed by atoms with Crippen LogP contribution in [0.5, 0.6) is 0 Å². The number of rotatable bonds is 3. The summed E-state index contributed by atoms with van der Waals surface area (Å²) in [5.74, 6) is -0.755. The number of methoxy groups -OCH3 is 1. The Kier molecular flexibility index (Phi) is 4.74. The standard InChI is InChI=1S/C13H15ClFNO3/c1-18-13(17)12-8-19-6-5-16(12)7-9-10(14)3-2-4-11(9)15/h2-4,12H,5-8H2,1H3. The van der Waals surface area contributed by atoms with Crippen LogP contribution in [-0.2, 0) is 20.8 Å². The minimum atomic E-state index is -0.519. The topological polar surface area (TPSA) is 38.8 Å². The van der Waals surface area contributed by atoms with Crippen molar-refractivity contribution in [2.24, 2.45) is 0 Å². The molecule has 1 aliphatic rings. The molecule has 0 spiro atoms. The molecule has 1 fully saturated rings. The van der Waals surface area contributed by atoms with Gasteiger partial charge < -0.3 is 9.47 Å². The van der Waals surface area contributed by atoms with Gasteiger partial charge in [0.05, 0.1) is 20.3 Å². The summed E-state index contributed by atoms with van der Waals surface area (Å²) in [7, 11) is 1.32. The third-order valence-electron chi connectivity index (χ3n) is 3.14. The van der Waals surface area contributed by atoms with Gasteiger partial charge in [0.2, 0.25) is 0 Å². The summed E-state index contributed by atoms with van der Waals surface area (Å²) < 4.78 is 23.8. The van der Waals surface area contributed by atoms with Crippen molar-refractivity contribution >= 4 is 17.6 Å². The van der Waals surface area contributed by atoms with E-state index in [1.54, 1.807) is 12.1 Å². The Bertz CT molecular complexity index is 449. The minimum absolute atomic E-state index is 0.249. The van der Waals surface area contributed by atoms with Crippen LogP contribution in [0.4, 0.5) is 4.39 Å². The SMILES string of the molecule is COC(=O)C1COCCN1Cc1c(F)cccc1Cl. The highest BCUT2D eigenvalue weighted by Crippen LogP contribution is 2.22. The number of hydrogen-bond donors (Lipinski definition) is 0. The number of nitrogens with zero attached hydrogens (tertiary/aromatic N) is 1. The van der Waals surface area contributed by atoms with Gasteiger partial charge in [-0.1, -0.05) is 17.7 Å². The fraction of sp³-hybridized carbons (Fsp3) is 0.462. The fourth-order valence-corrected chi connectivity index (χ4v) is 2.29. The number of carbonyl (C=O) groups is 1. The highest BCUT2D eigenvalue weighted by Gasteiger charge is 2.31. The largest absolute Gasteiger partial charge is 0.468 e. The van der Waals surface area contributed by atoms with Gasteiger partial charge in [-0.2, -0.15) is 0 Å². The quantitative estimate of drug-likeness (QED) is 0.796. The zero-order chi connectivity index (χ0) is 13.8. The second kappa shape index (κ2) is 6.32. The first-order valence-electron chi connectivity index (χ1n) is 5.96. The number of morpholine rings is 1. The zero-order valence-corrected chi connectivity index (χ0v) is 11.3. The van der Waals surface area contributed by atoms with E-state index in [1.165, 1.54) is 13.2 Å². The van der Waals surface area contributed by atoms with Crippen LogP contribution >= 0.6 is 11.6 Å². The smallest absolute Gasteiger partial charge is 0.325 e. The molecule has 0 bridgehead atoms. The second-order valence-electron chi connectivity index (χ2n) is 4.28. The van der Waals surface area contributed by atoms with Gasteiger partial charge in [0, 0.05) is 23.7 Å². The Morgan fingerprint density at radius 2 is 2.42 bits per heavy atom. The molecule has 1 unspecified atom stereocenters. The normalized spacial score (nSPS) is 20.3. The van der Waals surface area contributed by atoms with Crippen LogP contribution in [0.25, 0.3) is 0 Å². The van der Waals surface area contributed by atoms with Gasteiger partial charge in [0.25, 0.3) is 0 Å². The average Bonchev–Trinajstić information content (AvgIpc) is 2.42. The molecule has 1 aromatic carbocycles. The number of esters is 1. The maximum absolute atomic E-state index is 13.8. The summed E-state index contributed by atoms with van der Waals surface area (Å²) in [5, 5.41) is 0.357. The van der Waals surface area contributed by atoms with E-state index < -0.39 is 6.04 Å². The first kappa shape index (κ1) is 14.2. The molecular weight excluding hydrogens is 273 g/mol. The molecule has 1 saturated heterocycles. The number of benzene rings is 1. The van der Waals surface area contributed by atoms with E-state index in [2.05, 4.69) is 0 Å². The fourth-order valence-electron chi connectivity index (χ4n) is 2.07. The van der Waals surface area contributed by atoms with Crippen molar-refractivity contribution in [3.8, 4) is 0 Å². The Morgan fingerprint density at radius 3 is 3.11 bits per heavy atom. The molecule has 1 aromatic rings. The van der Waals surface area contributed by atoms with Crippen LogP contribution in [0.2, 0.25) is 5.02 Å². The van der Waals surface area contributed by atoms with Crippen molar-refractivity contribution in [1.29, 1.82) is 0 Å². The molecule has 0 N–H and O–H groups in total. The molecule has 104 valence electrons. The highest BCUT2D eigenvalue weighted by atomic mass is 35.5. The van der Waals surface area contributed by atoms with Crippen molar-refractivity contribution in [3.63, 3.8) is 0 Å². The lowest BCUT2D eigenvalue weighted by Gasteiger charge is -2.33. The Balaban J connectivity index is 2.18. The molecule has 2 rings (SSSR count). The maximum Gasteiger partial charge on any atom is 0.325 e. The summed E-state index contributed by atoms with van der Waals surface area (Å²) >= 11 is 6.00. The highest BCUT2D eigenvalue weighted by molar-refractivity contribution is 6.31. The van der Waals surface area contributed by atoms with Crippen LogP contribution in [-0.4, -0.2) is 43.8 Å². The van der Waals surface area contributed by atoms with Crippen molar-refractivity contribution < 1.29 is 18.7 Å². The molecule has 0 saturated carbocycles. The molecule has 0 radical (unpaired) electrons. The van der Waals surface area contributed by atoms with Crippen molar-refractivity contribution in [2.45, 2.75) is 12.6 Å². The Hall–Kier alpha value is -1.17. The van der Waals surface area contributed by atoms with Crippen LogP contribution < -0.4 is 0 Å². The minimum Gasteiger partial charge on any atom is -0.468 e. The van der Waals surface area contributed by atoms with Gasteiger partial charge in [0.15, 0.2) is 0 Å². The molecule has 4 nitrogen and oxygen atoms in total. The summed E-state index contributed by atoms with van der Waals surface area (Å²) in [6.45, 7) is 1.54. The summed E-state index contributed by atoms with van der Waals surface area (Å²) in [6, 6.07) is 4.02. The first-order chi connectivity index (χ1) is 9.13. The van der Waals surface area contributed by atoms with E-state index in [1.807, 2.05) is 4.90 Å². The molecule has 0 aliphatic carbocycles. The third-order valence-corrected chi connectivity index (χ3v) is 3.49. The van der Waals surface area contributed by atoms with Crippen LogP contribution in [0.3, 0.4) is 0 Å². The predicted molar refractivity (Wildman–Crippen MR) is 68.4 cm³/mol. The van der Waals surface area contributed by atoms with E-state index in [4.69, 9.17) is 21.1 Å². The number of ether oxygens (including phenoxy) is 2. The third kappa shape index (κ3) is 3.23. The van der Waals surface area contributed by atoms with Crippen molar-refractivity contribution in [1.82, 2.24) is 4.90 Å². The maximum atomic E-state index is 13.8. The van der Waals surface area contributed by atoms with Crippen molar-refractivity contribution in [3.05, 3.63) is 34.6 Å². The van der Waals surface area contributed by atoms with E-state index in [9.17, 15) is 9.18 Å². The first-order valence-corrected chi connectivity index (χ1v) is 6.33. The summed E-state index contributed by atoms with van der Waals surface area (Å²) in [5.41, 5.74) is 0.389. The molecule has 1 heterocycles. The van der Waals surface area contributed by atoms with Gasteiger partial charge >= 0.3 is 5.97 Å². The van der Waals surface area contributed by atoms with Crippen LogP contribution in [0.15, 0.2) is 18.2 Å². The van der Waals surface area contributed by atoms with E-state index in [-0.39, 0.29) is 24.9 Å². The Morgan fingerprint density at radius 1 is 1.63 bits per heavy atom. The van der Waals surface area contributed by atoms with E-state index in [0.717, 1.165) is 0 Å². The predicted octanol–water partition coefficient (Wildman–Crippen LogP) is 1.85. The molecule has 0 aromatic heterocycles. The van der Waals surface area contributed by atoms with Gasteiger partial charge in [0.1, 0.15) is 11.9 Å². The van der Waals surface area contributed by atoms with Crippen LogP contribution in [0, 0.1) is 5.82 Å². The molecule has 0 amide bonds.